The van der Waals surface area contributed by atoms with E-state index >= 15 is 0 Å². The molecule has 2 N–H and O–H groups in total. The summed E-state index contributed by atoms with van der Waals surface area (Å²) >= 11 is 0. The van der Waals surface area contributed by atoms with E-state index in [4.69, 9.17) is 0 Å². The van der Waals surface area contributed by atoms with Gasteiger partial charge in [0.05, 0.1) is 0 Å². The van der Waals surface area contributed by atoms with Crippen molar-refractivity contribution in [2.24, 2.45) is 5.92 Å². The minimum absolute atomic E-state index is 0.642. The molecule has 0 unspecified atom stereocenters. The standard InChI is InChI=1S/C14H25N3/c1-5-8-15-10-13-6-7-14(17-12(13)4)16-9-11(2)3/h6-7,11,15H,5,8-10H2,1-4H3,(H,16,17). The predicted molar refractivity (Wildman–Crippen MR) is 74.3 cm³/mol. The van der Waals surface area contributed by atoms with Gasteiger partial charge in [0.1, 0.15) is 5.82 Å². The van der Waals surface area contributed by atoms with E-state index in [0.717, 1.165) is 31.1 Å². The van der Waals surface area contributed by atoms with Crippen molar-refractivity contribution in [3.8, 4) is 0 Å². The number of hydrogen-bond acceptors (Lipinski definition) is 3. The molecule has 1 heterocycles. The largest absolute Gasteiger partial charge is 0.370 e. The first kappa shape index (κ1) is 14.0. The van der Waals surface area contributed by atoms with Gasteiger partial charge in [-0.3, -0.25) is 0 Å². The molecule has 17 heavy (non-hydrogen) atoms. The fraction of sp³-hybridized carbons (Fsp3) is 0.643. The van der Waals surface area contributed by atoms with Gasteiger partial charge in [-0.25, -0.2) is 4.98 Å². The maximum atomic E-state index is 4.57. The zero-order valence-electron chi connectivity index (χ0n) is 11.5. The summed E-state index contributed by atoms with van der Waals surface area (Å²) in [6.07, 6.45) is 1.17. The topological polar surface area (TPSA) is 37.0 Å². The van der Waals surface area contributed by atoms with Crippen LogP contribution >= 0.6 is 0 Å². The van der Waals surface area contributed by atoms with Gasteiger partial charge >= 0.3 is 0 Å². The fourth-order valence-electron chi connectivity index (χ4n) is 1.58. The molecule has 0 saturated carbocycles. The van der Waals surface area contributed by atoms with Gasteiger partial charge in [-0.05, 0) is 37.4 Å². The summed E-state index contributed by atoms with van der Waals surface area (Å²) in [5, 5.41) is 6.75. The van der Waals surface area contributed by atoms with Crippen molar-refractivity contribution in [2.45, 2.75) is 40.7 Å². The molecule has 0 radical (unpaired) electrons. The lowest BCUT2D eigenvalue weighted by Gasteiger charge is -2.11. The fourth-order valence-corrected chi connectivity index (χ4v) is 1.58. The highest BCUT2D eigenvalue weighted by Gasteiger charge is 2.02. The van der Waals surface area contributed by atoms with Crippen molar-refractivity contribution in [1.82, 2.24) is 10.3 Å². The number of nitrogens with zero attached hydrogens (tertiary/aromatic N) is 1. The molecule has 96 valence electrons. The molecule has 0 saturated heterocycles. The molecule has 0 spiro atoms. The van der Waals surface area contributed by atoms with E-state index in [9.17, 15) is 0 Å². The molecular weight excluding hydrogens is 210 g/mol. The number of aryl methyl sites for hydroxylation is 1. The van der Waals surface area contributed by atoms with Crippen LogP contribution in [0.15, 0.2) is 12.1 Å². The summed E-state index contributed by atoms with van der Waals surface area (Å²) in [7, 11) is 0. The van der Waals surface area contributed by atoms with Gasteiger partial charge < -0.3 is 10.6 Å². The van der Waals surface area contributed by atoms with Gasteiger partial charge in [-0.15, -0.1) is 0 Å². The van der Waals surface area contributed by atoms with Gasteiger partial charge in [0.15, 0.2) is 0 Å². The molecule has 0 bridgehead atoms. The van der Waals surface area contributed by atoms with Crippen molar-refractivity contribution in [3.05, 3.63) is 23.4 Å². The molecule has 0 atom stereocenters. The first-order chi connectivity index (χ1) is 8.13. The number of nitrogens with one attached hydrogen (secondary N) is 2. The van der Waals surface area contributed by atoms with Gasteiger partial charge in [-0.2, -0.15) is 0 Å². The van der Waals surface area contributed by atoms with Gasteiger partial charge in [0.25, 0.3) is 0 Å². The molecule has 0 aromatic carbocycles. The maximum Gasteiger partial charge on any atom is 0.126 e. The molecule has 0 amide bonds. The zero-order valence-corrected chi connectivity index (χ0v) is 11.5. The average Bonchev–Trinajstić information content (AvgIpc) is 2.29. The highest BCUT2D eigenvalue weighted by molar-refractivity contribution is 5.38. The van der Waals surface area contributed by atoms with Crippen LogP contribution in [0.2, 0.25) is 0 Å². The second kappa shape index (κ2) is 7.28. The molecule has 1 aromatic rings. The van der Waals surface area contributed by atoms with Crippen molar-refractivity contribution in [1.29, 1.82) is 0 Å². The van der Waals surface area contributed by atoms with E-state index in [0.29, 0.717) is 5.92 Å². The Morgan fingerprint density at radius 3 is 2.65 bits per heavy atom. The average molecular weight is 235 g/mol. The monoisotopic (exact) mass is 235 g/mol. The molecule has 0 aliphatic carbocycles. The second-order valence-electron chi connectivity index (χ2n) is 4.89. The van der Waals surface area contributed by atoms with E-state index in [-0.39, 0.29) is 0 Å². The Morgan fingerprint density at radius 1 is 1.29 bits per heavy atom. The maximum absolute atomic E-state index is 4.57. The molecule has 3 nitrogen and oxygen atoms in total. The molecule has 0 fully saturated rings. The summed E-state index contributed by atoms with van der Waals surface area (Å²) in [6.45, 7) is 11.6. The third-order valence-electron chi connectivity index (χ3n) is 2.63. The number of anilines is 1. The van der Waals surface area contributed by atoms with Crippen molar-refractivity contribution in [2.75, 3.05) is 18.4 Å². The van der Waals surface area contributed by atoms with Crippen molar-refractivity contribution >= 4 is 5.82 Å². The van der Waals surface area contributed by atoms with E-state index in [2.05, 4.69) is 55.4 Å². The van der Waals surface area contributed by atoms with Crippen molar-refractivity contribution < 1.29 is 0 Å². The summed E-state index contributed by atoms with van der Waals surface area (Å²) in [6, 6.07) is 4.23. The Labute approximate surface area is 105 Å². The Bertz CT molecular complexity index is 334. The SMILES string of the molecule is CCCNCc1ccc(NCC(C)C)nc1C. The predicted octanol–water partition coefficient (Wildman–Crippen LogP) is 2.96. The molecular formula is C14H25N3. The van der Waals surface area contributed by atoms with Gasteiger partial charge in [0, 0.05) is 18.8 Å². The Balaban J connectivity index is 2.53. The van der Waals surface area contributed by atoms with E-state index < -0.39 is 0 Å². The highest BCUT2D eigenvalue weighted by Crippen LogP contribution is 2.11. The van der Waals surface area contributed by atoms with Crippen LogP contribution in [0.25, 0.3) is 0 Å². The summed E-state index contributed by atoms with van der Waals surface area (Å²) in [4.78, 5) is 4.57. The molecule has 0 aliphatic rings. The Hall–Kier alpha value is -1.09. The van der Waals surface area contributed by atoms with Crippen LogP contribution in [0.4, 0.5) is 5.82 Å². The highest BCUT2D eigenvalue weighted by atomic mass is 15.0. The van der Waals surface area contributed by atoms with E-state index in [1.165, 1.54) is 12.0 Å². The molecule has 3 heteroatoms. The lowest BCUT2D eigenvalue weighted by atomic mass is 10.2. The minimum Gasteiger partial charge on any atom is -0.370 e. The number of hydrogen-bond donors (Lipinski definition) is 2. The van der Waals surface area contributed by atoms with Crippen LogP contribution in [0.1, 0.15) is 38.4 Å². The van der Waals surface area contributed by atoms with E-state index in [1.807, 2.05) is 0 Å². The summed E-state index contributed by atoms with van der Waals surface area (Å²) in [5.74, 6) is 1.62. The van der Waals surface area contributed by atoms with Crippen LogP contribution in [-0.4, -0.2) is 18.1 Å². The Morgan fingerprint density at radius 2 is 2.06 bits per heavy atom. The van der Waals surface area contributed by atoms with Crippen LogP contribution in [0, 0.1) is 12.8 Å². The number of rotatable bonds is 7. The molecule has 1 aromatic heterocycles. The minimum atomic E-state index is 0.642. The quantitative estimate of drug-likeness (QED) is 0.713. The van der Waals surface area contributed by atoms with Crippen LogP contribution < -0.4 is 10.6 Å². The number of aromatic nitrogens is 1. The van der Waals surface area contributed by atoms with Gasteiger partial charge in [-0.1, -0.05) is 26.8 Å². The smallest absolute Gasteiger partial charge is 0.126 e. The second-order valence-corrected chi connectivity index (χ2v) is 4.89. The third kappa shape index (κ3) is 5.18. The van der Waals surface area contributed by atoms with Crippen LogP contribution in [0.3, 0.4) is 0 Å². The van der Waals surface area contributed by atoms with Gasteiger partial charge in [0.2, 0.25) is 0 Å². The van der Waals surface area contributed by atoms with Crippen LogP contribution in [0.5, 0.6) is 0 Å². The number of pyridine rings is 1. The van der Waals surface area contributed by atoms with E-state index in [1.54, 1.807) is 0 Å². The first-order valence-electron chi connectivity index (χ1n) is 6.54. The molecule has 0 aliphatic heterocycles. The third-order valence-corrected chi connectivity index (χ3v) is 2.63. The summed E-state index contributed by atoms with van der Waals surface area (Å²) < 4.78 is 0. The molecule has 1 rings (SSSR count). The first-order valence-corrected chi connectivity index (χ1v) is 6.54. The van der Waals surface area contributed by atoms with Crippen molar-refractivity contribution in [3.63, 3.8) is 0 Å². The normalized spacial score (nSPS) is 10.9. The van der Waals surface area contributed by atoms with Crippen LogP contribution in [-0.2, 0) is 6.54 Å². The lowest BCUT2D eigenvalue weighted by molar-refractivity contribution is 0.670. The summed E-state index contributed by atoms with van der Waals surface area (Å²) in [5.41, 5.74) is 2.40. The lowest BCUT2D eigenvalue weighted by Crippen LogP contribution is -2.15. The Kier molecular flexibility index (Phi) is 5.98. The zero-order chi connectivity index (χ0) is 12.7.